The summed E-state index contributed by atoms with van der Waals surface area (Å²) in [5.41, 5.74) is 0. The predicted octanol–water partition coefficient (Wildman–Crippen LogP) is -0.582. The lowest BCUT2D eigenvalue weighted by molar-refractivity contribution is -0.00100. The van der Waals surface area contributed by atoms with Gasteiger partial charge in [-0.05, 0) is 19.3 Å². The van der Waals surface area contributed by atoms with Crippen molar-refractivity contribution >= 4 is 7.26 Å². The Balaban J connectivity index is -0.000000282. The van der Waals surface area contributed by atoms with Crippen LogP contribution in [0, 0.1) is 0 Å². The fourth-order valence-corrected chi connectivity index (χ4v) is 5.86. The number of halogens is 2. The zero-order chi connectivity index (χ0) is 10.9. The average molecular weight is 489 g/mol. The zero-order valence-corrected chi connectivity index (χ0v) is 17.8. The molecular formula is C13H34I2NP. The lowest BCUT2D eigenvalue weighted by atomic mass is 10.4. The molecule has 0 bridgehead atoms. The first-order valence-corrected chi connectivity index (χ1v) is 9.31. The summed E-state index contributed by atoms with van der Waals surface area (Å²) in [4.78, 5) is 0. The van der Waals surface area contributed by atoms with E-state index in [4.69, 9.17) is 0 Å². The van der Waals surface area contributed by atoms with Crippen LogP contribution in [0.3, 0.4) is 0 Å². The van der Waals surface area contributed by atoms with Crippen molar-refractivity contribution in [3.63, 3.8) is 0 Å². The highest BCUT2D eigenvalue weighted by Crippen LogP contribution is 2.57. The molecule has 0 radical (unpaired) electrons. The summed E-state index contributed by atoms with van der Waals surface area (Å²) in [6, 6.07) is 0. The highest BCUT2D eigenvalue weighted by molar-refractivity contribution is 7.75. The molecule has 4 N–H and O–H groups in total. The minimum Gasteiger partial charge on any atom is -1.00 e. The van der Waals surface area contributed by atoms with Gasteiger partial charge in [0.25, 0.3) is 0 Å². The van der Waals surface area contributed by atoms with Crippen molar-refractivity contribution in [2.24, 2.45) is 0 Å². The lowest BCUT2D eigenvalue weighted by Crippen LogP contribution is -3.00. The Morgan fingerprint density at radius 3 is 1.06 bits per heavy atom. The lowest BCUT2D eigenvalue weighted by Gasteiger charge is -2.22. The smallest absolute Gasteiger partial charge is 0.0591 e. The number of hydrogen-bond acceptors (Lipinski definition) is 0. The van der Waals surface area contributed by atoms with Crippen LogP contribution in [0.2, 0.25) is 0 Å². The highest BCUT2D eigenvalue weighted by atomic mass is 127. The van der Waals surface area contributed by atoms with Crippen LogP contribution in [-0.4, -0.2) is 25.2 Å². The molecule has 17 heavy (non-hydrogen) atoms. The molecule has 0 rings (SSSR count). The maximum Gasteiger partial charge on any atom is 0.0591 e. The van der Waals surface area contributed by atoms with Crippen LogP contribution in [0.1, 0.15) is 59.3 Å². The van der Waals surface area contributed by atoms with Gasteiger partial charge in [0.2, 0.25) is 0 Å². The van der Waals surface area contributed by atoms with E-state index in [0.29, 0.717) is 0 Å². The van der Waals surface area contributed by atoms with Gasteiger partial charge in [0, 0.05) is 13.9 Å². The number of unbranched alkanes of at least 4 members (excludes halogenated alkanes) is 3. The number of rotatable bonds is 9. The van der Waals surface area contributed by atoms with Crippen LogP contribution in [-0.2, 0) is 0 Å². The third-order valence-corrected chi connectivity index (χ3v) is 7.34. The minimum atomic E-state index is -0.519. The Morgan fingerprint density at radius 2 is 0.882 bits per heavy atom. The molecule has 0 aliphatic heterocycles. The summed E-state index contributed by atoms with van der Waals surface area (Å²) in [6.07, 6.45) is 13.2. The van der Waals surface area contributed by atoms with E-state index in [1.807, 2.05) is 0 Å². The first-order valence-electron chi connectivity index (χ1n) is 6.52. The molecule has 0 saturated carbocycles. The molecule has 0 atom stereocenters. The molecular weight excluding hydrogens is 455 g/mol. The fourth-order valence-electron chi connectivity index (χ4n) is 1.95. The summed E-state index contributed by atoms with van der Waals surface area (Å²) in [5, 5.41) is 0. The van der Waals surface area contributed by atoms with Crippen LogP contribution in [0.5, 0.6) is 0 Å². The second kappa shape index (κ2) is 17.8. The van der Waals surface area contributed by atoms with Gasteiger partial charge >= 0.3 is 0 Å². The normalized spacial score (nSPS) is 9.88. The number of quaternary nitrogens is 1. The molecule has 0 spiro atoms. The van der Waals surface area contributed by atoms with E-state index in [1.54, 1.807) is 18.5 Å². The zero-order valence-electron chi connectivity index (χ0n) is 12.6. The van der Waals surface area contributed by atoms with Crippen molar-refractivity contribution in [2.75, 3.05) is 25.2 Å². The first kappa shape index (κ1) is 27.2. The Morgan fingerprint density at radius 1 is 0.647 bits per heavy atom. The summed E-state index contributed by atoms with van der Waals surface area (Å²) < 4.78 is 0. The van der Waals surface area contributed by atoms with Gasteiger partial charge in [-0.2, -0.15) is 0 Å². The molecule has 0 saturated heterocycles. The van der Waals surface area contributed by atoms with E-state index in [9.17, 15) is 0 Å². The van der Waals surface area contributed by atoms with Gasteiger partial charge in [-0.3, -0.25) is 0 Å². The summed E-state index contributed by atoms with van der Waals surface area (Å²) in [5.74, 6) is 0. The van der Waals surface area contributed by atoms with Crippen molar-refractivity contribution in [2.45, 2.75) is 59.3 Å². The predicted molar refractivity (Wildman–Crippen MR) is 78.2 cm³/mol. The van der Waals surface area contributed by atoms with Crippen molar-refractivity contribution < 1.29 is 48.0 Å². The van der Waals surface area contributed by atoms with Gasteiger partial charge in [0.15, 0.2) is 0 Å². The topological polar surface area (TPSA) is 36.5 Å². The third-order valence-electron chi connectivity index (χ3n) is 3.15. The standard InChI is InChI=1S/C13H30P.2HI.H3N/c1-5-8-11-14(4,12-9-6-2)13-10-7-3;;;/h5-13H2,1-4H3;2*1H;1H3/q+1;;;/p-1. The maximum atomic E-state index is 2.62. The summed E-state index contributed by atoms with van der Waals surface area (Å²) >= 11 is 0. The quantitative estimate of drug-likeness (QED) is 0.333. The number of hydrogen-bond donors (Lipinski definition) is 1. The third kappa shape index (κ3) is 15.8. The van der Waals surface area contributed by atoms with Crippen molar-refractivity contribution in [1.29, 1.82) is 0 Å². The maximum absolute atomic E-state index is 2.62. The van der Waals surface area contributed by atoms with E-state index in [-0.39, 0.29) is 54.1 Å². The van der Waals surface area contributed by atoms with Crippen molar-refractivity contribution in [1.82, 2.24) is 6.15 Å². The molecule has 0 fully saturated rings. The molecule has 0 unspecified atom stereocenters. The van der Waals surface area contributed by atoms with Crippen LogP contribution < -0.4 is 54.1 Å². The van der Waals surface area contributed by atoms with Gasteiger partial charge in [-0.1, -0.05) is 40.0 Å². The van der Waals surface area contributed by atoms with E-state index in [0.717, 1.165) is 0 Å². The Labute approximate surface area is 145 Å². The largest absolute Gasteiger partial charge is 1.00 e. The summed E-state index contributed by atoms with van der Waals surface area (Å²) in [6.45, 7) is 9.59. The van der Waals surface area contributed by atoms with E-state index < -0.39 is 7.26 Å². The second-order valence-corrected chi connectivity index (χ2v) is 9.43. The fraction of sp³-hybridized carbons (Fsp3) is 1.00. The monoisotopic (exact) mass is 489 g/mol. The van der Waals surface area contributed by atoms with Crippen molar-refractivity contribution in [3.05, 3.63) is 0 Å². The Hall–Kier alpha value is 1.85. The molecule has 0 aromatic rings. The molecule has 0 heterocycles. The molecule has 110 valence electrons. The van der Waals surface area contributed by atoms with Gasteiger partial charge in [0.1, 0.15) is 0 Å². The molecule has 0 aromatic carbocycles. The molecule has 4 heteroatoms. The van der Waals surface area contributed by atoms with Gasteiger partial charge in [-0.15, -0.1) is 0 Å². The summed E-state index contributed by atoms with van der Waals surface area (Å²) in [7, 11) is -0.519. The van der Waals surface area contributed by atoms with Crippen LogP contribution in [0.25, 0.3) is 0 Å². The molecule has 1 nitrogen and oxygen atoms in total. The van der Waals surface area contributed by atoms with Gasteiger partial charge < -0.3 is 54.1 Å². The van der Waals surface area contributed by atoms with E-state index in [1.165, 1.54) is 38.5 Å². The Bertz CT molecular complexity index is 113. The molecule has 0 aliphatic carbocycles. The second-order valence-electron chi connectivity index (χ2n) is 4.85. The SMILES string of the molecule is CCCC[P+](C)(CCCC)CCCC.[I-].[I-].[NH4+]. The van der Waals surface area contributed by atoms with Gasteiger partial charge in [-0.25, -0.2) is 0 Å². The average Bonchev–Trinajstić information content (AvgIpc) is 2.21. The van der Waals surface area contributed by atoms with Crippen LogP contribution >= 0.6 is 7.26 Å². The Kier molecular flexibility index (Phi) is 28.6. The highest BCUT2D eigenvalue weighted by Gasteiger charge is 2.28. The molecule has 0 amide bonds. The first-order chi connectivity index (χ1) is 6.68. The molecule has 0 aliphatic rings. The molecule has 0 aromatic heterocycles. The van der Waals surface area contributed by atoms with Gasteiger partial charge in [0.05, 0.1) is 18.5 Å². The van der Waals surface area contributed by atoms with Crippen LogP contribution in [0.15, 0.2) is 0 Å². The minimum absolute atomic E-state index is 0. The van der Waals surface area contributed by atoms with E-state index in [2.05, 4.69) is 27.4 Å². The van der Waals surface area contributed by atoms with E-state index >= 15 is 0 Å². The van der Waals surface area contributed by atoms with Crippen molar-refractivity contribution in [3.8, 4) is 0 Å². The van der Waals surface area contributed by atoms with Crippen LogP contribution in [0.4, 0.5) is 0 Å².